The predicted octanol–water partition coefficient (Wildman–Crippen LogP) is 2.00. The molecule has 9 heteroatoms. The van der Waals surface area contributed by atoms with Gasteiger partial charge in [0.15, 0.2) is 0 Å². The largest absolute Gasteiger partial charge is 0.405 e. The quantitative estimate of drug-likeness (QED) is 0.767. The normalized spacial score (nSPS) is 10.6. The molecule has 0 unspecified atom stereocenters. The van der Waals surface area contributed by atoms with E-state index in [-0.39, 0.29) is 36.8 Å². The van der Waals surface area contributed by atoms with Gasteiger partial charge in [0.05, 0.1) is 0 Å². The van der Waals surface area contributed by atoms with Crippen molar-refractivity contribution in [3.8, 4) is 0 Å². The van der Waals surface area contributed by atoms with Crippen molar-refractivity contribution in [1.29, 1.82) is 0 Å². The third kappa shape index (κ3) is 6.77. The molecule has 0 fully saturated rings. The van der Waals surface area contributed by atoms with Gasteiger partial charge in [0.2, 0.25) is 5.91 Å². The lowest BCUT2D eigenvalue weighted by molar-refractivity contribution is -0.123. The first-order valence-corrected chi connectivity index (χ1v) is 6.18. The highest BCUT2D eigenvalue weighted by Crippen LogP contribution is 2.18. The standard InChI is InChI=1S/C13H16F3N3O2.ClH/c1-8-2-3-9(12(21)18-7-13(14,15)16)6-10(8)19-11(20)4-5-17;/h2-3,6H,4-5,7,17H2,1H3,(H,18,21)(H,19,20);1H. The third-order valence-corrected chi connectivity index (χ3v) is 2.59. The lowest BCUT2D eigenvalue weighted by Gasteiger charge is -2.11. The van der Waals surface area contributed by atoms with Crippen LogP contribution < -0.4 is 16.4 Å². The van der Waals surface area contributed by atoms with Crippen LogP contribution in [0, 0.1) is 6.92 Å². The summed E-state index contributed by atoms with van der Waals surface area (Å²) in [6.45, 7) is 0.473. The van der Waals surface area contributed by atoms with E-state index in [4.69, 9.17) is 5.73 Å². The predicted molar refractivity (Wildman–Crippen MR) is 79.1 cm³/mol. The first-order valence-electron chi connectivity index (χ1n) is 6.18. The number of aryl methyl sites for hydroxylation is 1. The van der Waals surface area contributed by atoms with E-state index in [0.29, 0.717) is 11.3 Å². The smallest absolute Gasteiger partial charge is 0.343 e. The number of carbonyl (C=O) groups excluding carboxylic acids is 2. The van der Waals surface area contributed by atoms with Gasteiger partial charge in [-0.25, -0.2) is 0 Å². The number of nitrogens with one attached hydrogen (secondary N) is 2. The van der Waals surface area contributed by atoms with Crippen LogP contribution in [0.2, 0.25) is 0 Å². The maximum Gasteiger partial charge on any atom is 0.405 e. The molecule has 2 amide bonds. The molecular weight excluding hydrogens is 323 g/mol. The number of nitrogens with two attached hydrogens (primary N) is 1. The molecule has 0 aliphatic carbocycles. The molecule has 0 aliphatic heterocycles. The Balaban J connectivity index is 0.00000441. The molecule has 22 heavy (non-hydrogen) atoms. The van der Waals surface area contributed by atoms with E-state index in [9.17, 15) is 22.8 Å². The molecule has 0 spiro atoms. The van der Waals surface area contributed by atoms with Crippen molar-refractivity contribution in [2.75, 3.05) is 18.4 Å². The molecule has 0 saturated carbocycles. The molecule has 0 aromatic heterocycles. The summed E-state index contributed by atoms with van der Waals surface area (Å²) in [6.07, 6.45) is -4.36. The number of benzene rings is 1. The second kappa shape index (κ2) is 8.60. The zero-order valence-corrected chi connectivity index (χ0v) is 12.6. The summed E-state index contributed by atoms with van der Waals surface area (Å²) in [5.41, 5.74) is 6.34. The Bertz CT molecular complexity index is 536. The second-order valence-electron chi connectivity index (χ2n) is 4.41. The SMILES string of the molecule is Cc1ccc(C(=O)NCC(F)(F)F)cc1NC(=O)CCN.Cl. The molecule has 5 nitrogen and oxygen atoms in total. The average molecular weight is 340 g/mol. The van der Waals surface area contributed by atoms with E-state index in [0.717, 1.165) is 0 Å². The highest BCUT2D eigenvalue weighted by atomic mass is 35.5. The number of carbonyl (C=O) groups is 2. The van der Waals surface area contributed by atoms with Gasteiger partial charge in [0.25, 0.3) is 5.91 Å². The number of anilines is 1. The van der Waals surface area contributed by atoms with E-state index < -0.39 is 18.6 Å². The number of halogens is 4. The van der Waals surface area contributed by atoms with Gasteiger partial charge in [0.1, 0.15) is 6.54 Å². The summed E-state index contributed by atoms with van der Waals surface area (Å²) < 4.78 is 36.1. The molecule has 0 atom stereocenters. The Morgan fingerprint density at radius 3 is 2.45 bits per heavy atom. The average Bonchev–Trinajstić information content (AvgIpc) is 2.38. The van der Waals surface area contributed by atoms with Crippen LogP contribution in [0.15, 0.2) is 18.2 Å². The van der Waals surface area contributed by atoms with Gasteiger partial charge in [-0.1, -0.05) is 6.07 Å². The fraction of sp³-hybridized carbons (Fsp3) is 0.385. The summed E-state index contributed by atoms with van der Waals surface area (Å²) in [7, 11) is 0. The van der Waals surface area contributed by atoms with Gasteiger partial charge in [-0.2, -0.15) is 13.2 Å². The summed E-state index contributed by atoms with van der Waals surface area (Å²) in [5.74, 6) is -1.19. The van der Waals surface area contributed by atoms with Gasteiger partial charge >= 0.3 is 6.18 Å². The summed E-state index contributed by atoms with van der Waals surface area (Å²) in [6, 6.07) is 4.26. The molecular formula is C13H17ClF3N3O2. The third-order valence-electron chi connectivity index (χ3n) is 2.59. The van der Waals surface area contributed by atoms with Crippen LogP contribution in [-0.2, 0) is 4.79 Å². The number of amides is 2. The van der Waals surface area contributed by atoms with Crippen molar-refractivity contribution >= 4 is 29.9 Å². The zero-order valence-electron chi connectivity index (χ0n) is 11.8. The van der Waals surface area contributed by atoms with E-state index in [1.54, 1.807) is 18.3 Å². The van der Waals surface area contributed by atoms with Crippen molar-refractivity contribution in [2.45, 2.75) is 19.5 Å². The molecule has 0 radical (unpaired) electrons. The molecule has 1 aromatic rings. The van der Waals surface area contributed by atoms with Crippen molar-refractivity contribution in [2.24, 2.45) is 5.73 Å². The van der Waals surface area contributed by atoms with Gasteiger partial charge in [-0.05, 0) is 24.6 Å². The molecule has 0 bridgehead atoms. The number of rotatable bonds is 5. The lowest BCUT2D eigenvalue weighted by Crippen LogP contribution is -2.33. The molecule has 0 saturated heterocycles. The Hall–Kier alpha value is -1.80. The van der Waals surface area contributed by atoms with Gasteiger partial charge in [0, 0.05) is 24.2 Å². The molecule has 0 aliphatic rings. The molecule has 4 N–H and O–H groups in total. The van der Waals surface area contributed by atoms with E-state index >= 15 is 0 Å². The summed E-state index contributed by atoms with van der Waals surface area (Å²) in [4.78, 5) is 23.1. The van der Waals surface area contributed by atoms with Crippen molar-refractivity contribution in [3.63, 3.8) is 0 Å². The maximum absolute atomic E-state index is 12.0. The molecule has 0 heterocycles. The minimum absolute atomic E-state index is 0. The van der Waals surface area contributed by atoms with E-state index in [1.807, 2.05) is 0 Å². The Morgan fingerprint density at radius 2 is 1.91 bits per heavy atom. The first-order chi connectivity index (χ1) is 9.73. The van der Waals surface area contributed by atoms with E-state index in [1.165, 1.54) is 12.1 Å². The van der Waals surface area contributed by atoms with Crippen LogP contribution in [0.3, 0.4) is 0 Å². The molecule has 124 valence electrons. The van der Waals surface area contributed by atoms with Crippen molar-refractivity contribution < 1.29 is 22.8 Å². The zero-order chi connectivity index (χ0) is 16.0. The summed E-state index contributed by atoms with van der Waals surface area (Å²) >= 11 is 0. The second-order valence-corrected chi connectivity index (χ2v) is 4.41. The van der Waals surface area contributed by atoms with Crippen molar-refractivity contribution in [1.82, 2.24) is 5.32 Å². The van der Waals surface area contributed by atoms with Crippen LogP contribution >= 0.6 is 12.4 Å². The van der Waals surface area contributed by atoms with E-state index in [2.05, 4.69) is 5.32 Å². The van der Waals surface area contributed by atoms with Gasteiger partial charge < -0.3 is 16.4 Å². The van der Waals surface area contributed by atoms with Gasteiger partial charge in [-0.15, -0.1) is 12.4 Å². The maximum atomic E-state index is 12.0. The van der Waals surface area contributed by atoms with Crippen LogP contribution in [0.4, 0.5) is 18.9 Å². The fourth-order valence-corrected chi connectivity index (χ4v) is 1.52. The Morgan fingerprint density at radius 1 is 1.27 bits per heavy atom. The minimum atomic E-state index is -4.47. The lowest BCUT2D eigenvalue weighted by atomic mass is 10.1. The van der Waals surface area contributed by atoms with Crippen LogP contribution in [-0.4, -0.2) is 31.1 Å². The minimum Gasteiger partial charge on any atom is -0.343 e. The molecule has 1 rings (SSSR count). The molecule has 1 aromatic carbocycles. The topological polar surface area (TPSA) is 84.2 Å². The highest BCUT2D eigenvalue weighted by Gasteiger charge is 2.27. The van der Waals surface area contributed by atoms with Gasteiger partial charge in [-0.3, -0.25) is 9.59 Å². The highest BCUT2D eigenvalue weighted by molar-refractivity contribution is 5.97. The number of alkyl halides is 3. The fourth-order valence-electron chi connectivity index (χ4n) is 1.52. The number of hydrogen-bond acceptors (Lipinski definition) is 3. The Labute approximate surface area is 131 Å². The van der Waals surface area contributed by atoms with Crippen LogP contribution in [0.5, 0.6) is 0 Å². The summed E-state index contributed by atoms with van der Waals surface area (Å²) in [5, 5.41) is 4.32. The number of hydrogen-bond donors (Lipinski definition) is 3. The van der Waals surface area contributed by atoms with Crippen LogP contribution in [0.25, 0.3) is 0 Å². The van der Waals surface area contributed by atoms with Crippen molar-refractivity contribution in [3.05, 3.63) is 29.3 Å². The first kappa shape index (κ1) is 20.2. The van der Waals surface area contributed by atoms with Crippen LogP contribution in [0.1, 0.15) is 22.3 Å². The Kier molecular flexibility index (Phi) is 7.89. The monoisotopic (exact) mass is 339 g/mol.